The van der Waals surface area contributed by atoms with Crippen LogP contribution in [0.3, 0.4) is 0 Å². The summed E-state index contributed by atoms with van der Waals surface area (Å²) in [5.41, 5.74) is 5.25. The summed E-state index contributed by atoms with van der Waals surface area (Å²) in [7, 11) is 0. The van der Waals surface area contributed by atoms with Crippen LogP contribution >= 0.6 is 31.9 Å². The lowest BCUT2D eigenvalue weighted by atomic mass is 10.1. The van der Waals surface area contributed by atoms with E-state index >= 15 is 0 Å². The van der Waals surface area contributed by atoms with Crippen molar-refractivity contribution in [2.45, 2.75) is 19.8 Å². The Kier molecular flexibility index (Phi) is 5.92. The fourth-order valence-corrected chi connectivity index (χ4v) is 4.84. The van der Waals surface area contributed by atoms with Crippen LogP contribution < -0.4 is 4.74 Å². The number of hydrogen-bond acceptors (Lipinski definition) is 3. The number of ether oxygens (including phenoxy) is 1. The van der Waals surface area contributed by atoms with Crippen molar-refractivity contribution >= 4 is 48.7 Å². The van der Waals surface area contributed by atoms with Gasteiger partial charge in [0.2, 0.25) is 0 Å². The maximum Gasteiger partial charge on any atom is 0.303 e. The van der Waals surface area contributed by atoms with Crippen LogP contribution in [0.1, 0.15) is 17.5 Å². The van der Waals surface area contributed by atoms with Crippen molar-refractivity contribution in [1.82, 2.24) is 9.97 Å². The molecule has 0 aliphatic heterocycles. The van der Waals surface area contributed by atoms with Crippen LogP contribution in [0, 0.1) is 6.92 Å². The number of carboxylic acids is 1. The molecule has 0 saturated carbocycles. The number of benzene rings is 2. The van der Waals surface area contributed by atoms with E-state index in [9.17, 15) is 4.79 Å². The predicted octanol–water partition coefficient (Wildman–Crippen LogP) is 6.87. The number of H-pyrrole nitrogens is 1. The van der Waals surface area contributed by atoms with Crippen LogP contribution in [0.25, 0.3) is 22.2 Å². The van der Waals surface area contributed by atoms with Gasteiger partial charge in [-0.15, -0.1) is 0 Å². The Morgan fingerprint density at radius 1 is 1.10 bits per heavy atom. The second kappa shape index (κ2) is 8.62. The third-order valence-electron chi connectivity index (χ3n) is 4.90. The van der Waals surface area contributed by atoms with Crippen molar-refractivity contribution in [3.8, 4) is 22.8 Å². The molecule has 0 spiro atoms. The van der Waals surface area contributed by atoms with Gasteiger partial charge in [-0.3, -0.25) is 9.78 Å². The van der Waals surface area contributed by atoms with Crippen molar-refractivity contribution in [3.63, 3.8) is 0 Å². The van der Waals surface area contributed by atoms with Gasteiger partial charge in [0.15, 0.2) is 5.75 Å². The lowest BCUT2D eigenvalue weighted by molar-refractivity contribution is -0.136. The minimum absolute atomic E-state index is 0.0856. The quantitative estimate of drug-likeness (QED) is 0.285. The topological polar surface area (TPSA) is 75.2 Å². The summed E-state index contributed by atoms with van der Waals surface area (Å²) in [5.74, 6) is 0.547. The monoisotopic (exact) mass is 528 g/mol. The number of carboxylic acid groups (broad SMARTS) is 1. The molecule has 7 heteroatoms. The van der Waals surface area contributed by atoms with Gasteiger partial charge in [0.05, 0.1) is 8.95 Å². The average Bonchev–Trinajstić information content (AvgIpc) is 3.06. The molecule has 0 radical (unpaired) electrons. The number of rotatable bonds is 6. The van der Waals surface area contributed by atoms with Crippen LogP contribution in [0.4, 0.5) is 0 Å². The Morgan fingerprint density at radius 2 is 1.80 bits per heavy atom. The van der Waals surface area contributed by atoms with Gasteiger partial charge in [-0.2, -0.15) is 0 Å². The summed E-state index contributed by atoms with van der Waals surface area (Å²) in [5, 5.41) is 9.98. The molecule has 4 rings (SSSR count). The molecule has 4 aromatic rings. The molecule has 0 aliphatic rings. The van der Waals surface area contributed by atoms with E-state index < -0.39 is 5.97 Å². The third-order valence-corrected chi connectivity index (χ3v) is 6.08. The summed E-state index contributed by atoms with van der Waals surface area (Å²) in [6, 6.07) is 13.7. The summed E-state index contributed by atoms with van der Waals surface area (Å²) in [6.45, 7) is 2.08. The van der Waals surface area contributed by atoms with Crippen molar-refractivity contribution in [3.05, 3.63) is 74.9 Å². The summed E-state index contributed by atoms with van der Waals surface area (Å²) in [6.07, 6.45) is 4.11. The maximum atomic E-state index is 10.8. The van der Waals surface area contributed by atoms with Gasteiger partial charge < -0.3 is 14.8 Å². The highest BCUT2D eigenvalue weighted by Gasteiger charge is 2.14. The van der Waals surface area contributed by atoms with Gasteiger partial charge in [0.25, 0.3) is 0 Å². The van der Waals surface area contributed by atoms with E-state index in [1.807, 2.05) is 42.5 Å². The number of nitrogens with one attached hydrogen (secondary N) is 1. The first-order valence-corrected chi connectivity index (χ1v) is 10.9. The molecule has 0 saturated heterocycles. The SMILES string of the molecule is Cc1c(-c2ccncc2)[nH]c2ccc(Oc3c(Br)cc(CCC(=O)O)cc3Br)cc12. The molecule has 0 bridgehead atoms. The Labute approximate surface area is 190 Å². The number of hydrogen-bond donors (Lipinski definition) is 2. The zero-order valence-electron chi connectivity index (χ0n) is 16.1. The number of pyridine rings is 1. The van der Waals surface area contributed by atoms with E-state index in [0.717, 1.165) is 42.2 Å². The molecule has 0 unspecified atom stereocenters. The first-order valence-electron chi connectivity index (χ1n) is 9.32. The van der Waals surface area contributed by atoms with Crippen molar-refractivity contribution < 1.29 is 14.6 Å². The Balaban J connectivity index is 1.64. The molecular formula is C23H18Br2N2O3. The zero-order valence-corrected chi connectivity index (χ0v) is 19.2. The minimum atomic E-state index is -0.816. The standard InChI is InChI=1S/C23H18Br2N2O3/c1-13-17-12-16(3-4-20(17)27-22(13)15-6-8-26-9-7-15)30-23-18(24)10-14(11-19(23)25)2-5-21(28)29/h3-4,6-12,27H,2,5H2,1H3,(H,28,29). The van der Waals surface area contributed by atoms with Crippen LogP contribution in [-0.2, 0) is 11.2 Å². The van der Waals surface area contributed by atoms with Gasteiger partial charge in [-0.05, 0) is 98.8 Å². The van der Waals surface area contributed by atoms with E-state index in [4.69, 9.17) is 9.84 Å². The van der Waals surface area contributed by atoms with E-state index in [0.29, 0.717) is 17.9 Å². The number of aromatic amines is 1. The summed E-state index contributed by atoms with van der Waals surface area (Å²) < 4.78 is 7.69. The summed E-state index contributed by atoms with van der Waals surface area (Å²) in [4.78, 5) is 18.4. The Hall–Kier alpha value is -2.64. The number of aryl methyl sites for hydroxylation is 2. The van der Waals surface area contributed by atoms with Gasteiger partial charge in [-0.25, -0.2) is 0 Å². The lowest BCUT2D eigenvalue weighted by Crippen LogP contribution is -1.98. The van der Waals surface area contributed by atoms with E-state index in [1.54, 1.807) is 12.4 Å². The molecule has 2 aromatic heterocycles. The molecule has 0 aliphatic carbocycles. The zero-order chi connectivity index (χ0) is 21.3. The number of carbonyl (C=O) groups is 1. The predicted molar refractivity (Wildman–Crippen MR) is 124 cm³/mol. The first kappa shape index (κ1) is 20.6. The number of nitrogens with zero attached hydrogens (tertiary/aromatic N) is 1. The van der Waals surface area contributed by atoms with Crippen LogP contribution in [-0.4, -0.2) is 21.0 Å². The third kappa shape index (κ3) is 4.27. The second-order valence-electron chi connectivity index (χ2n) is 6.95. The molecule has 0 atom stereocenters. The molecule has 0 fully saturated rings. The highest BCUT2D eigenvalue weighted by atomic mass is 79.9. The van der Waals surface area contributed by atoms with Crippen LogP contribution in [0.15, 0.2) is 63.8 Å². The number of halogens is 2. The molecule has 0 amide bonds. The largest absolute Gasteiger partial charge is 0.481 e. The van der Waals surface area contributed by atoms with Crippen molar-refractivity contribution in [1.29, 1.82) is 0 Å². The van der Waals surface area contributed by atoms with Crippen LogP contribution in [0.5, 0.6) is 11.5 Å². The molecule has 2 N–H and O–H groups in total. The molecule has 2 aromatic carbocycles. The van der Waals surface area contributed by atoms with Gasteiger partial charge in [0.1, 0.15) is 5.75 Å². The molecule has 30 heavy (non-hydrogen) atoms. The van der Waals surface area contributed by atoms with E-state index in [1.165, 1.54) is 0 Å². The van der Waals surface area contributed by atoms with Gasteiger partial charge >= 0.3 is 5.97 Å². The Morgan fingerprint density at radius 3 is 2.47 bits per heavy atom. The highest BCUT2D eigenvalue weighted by molar-refractivity contribution is 9.11. The molecular weight excluding hydrogens is 512 g/mol. The van der Waals surface area contributed by atoms with Crippen molar-refractivity contribution in [2.75, 3.05) is 0 Å². The smallest absolute Gasteiger partial charge is 0.303 e. The average molecular weight is 530 g/mol. The van der Waals surface area contributed by atoms with E-state index in [-0.39, 0.29) is 6.42 Å². The van der Waals surface area contributed by atoms with Crippen LogP contribution in [0.2, 0.25) is 0 Å². The second-order valence-corrected chi connectivity index (χ2v) is 8.66. The highest BCUT2D eigenvalue weighted by Crippen LogP contribution is 2.39. The molecule has 2 heterocycles. The molecule has 5 nitrogen and oxygen atoms in total. The molecule has 152 valence electrons. The summed E-state index contributed by atoms with van der Waals surface area (Å²) >= 11 is 7.09. The minimum Gasteiger partial charge on any atom is -0.481 e. The maximum absolute atomic E-state index is 10.8. The van der Waals surface area contributed by atoms with Crippen molar-refractivity contribution in [2.24, 2.45) is 0 Å². The van der Waals surface area contributed by atoms with Gasteiger partial charge in [-0.1, -0.05) is 0 Å². The first-order chi connectivity index (χ1) is 14.4. The van der Waals surface area contributed by atoms with E-state index in [2.05, 4.69) is 48.8 Å². The number of fused-ring (bicyclic) bond motifs is 1. The number of aliphatic carboxylic acids is 1. The normalized spacial score (nSPS) is 11.0. The fourth-order valence-electron chi connectivity index (χ4n) is 3.40. The lowest BCUT2D eigenvalue weighted by Gasteiger charge is -2.12. The van der Waals surface area contributed by atoms with Gasteiger partial charge in [0, 0.05) is 41.0 Å². The fraction of sp³-hybridized carbons (Fsp3) is 0.130. The number of aromatic nitrogens is 2. The Bertz CT molecular complexity index is 1210.